The molecule has 1 fully saturated rings. The summed E-state index contributed by atoms with van der Waals surface area (Å²) in [6, 6.07) is 0.507. The molecule has 0 bridgehead atoms. The first-order valence-electron chi connectivity index (χ1n) is 8.29. The molecule has 0 radical (unpaired) electrons. The van der Waals surface area contributed by atoms with Gasteiger partial charge < -0.3 is 10.2 Å². The van der Waals surface area contributed by atoms with E-state index in [4.69, 9.17) is 0 Å². The van der Waals surface area contributed by atoms with E-state index in [1.807, 2.05) is 6.92 Å². The molecule has 1 aliphatic rings. The number of sulfonamides is 1. The van der Waals surface area contributed by atoms with Crippen LogP contribution in [-0.4, -0.2) is 69.2 Å². The van der Waals surface area contributed by atoms with Crippen LogP contribution in [0.3, 0.4) is 0 Å². The highest BCUT2D eigenvalue weighted by molar-refractivity contribution is 7.88. The number of rotatable bonds is 9. The molecule has 1 rings (SSSR count). The molecule has 0 aromatic carbocycles. The second-order valence-corrected chi connectivity index (χ2v) is 8.13. The molecule has 0 aliphatic carbocycles. The number of nitrogens with one attached hydrogen (secondary N) is 1. The fourth-order valence-corrected chi connectivity index (χ4v) is 4.03. The quantitative estimate of drug-likeness (QED) is 0.652. The summed E-state index contributed by atoms with van der Waals surface area (Å²) >= 11 is 0. The van der Waals surface area contributed by atoms with E-state index in [9.17, 15) is 8.42 Å². The van der Waals surface area contributed by atoms with Gasteiger partial charge in [-0.3, -0.25) is 0 Å². The van der Waals surface area contributed by atoms with Crippen molar-refractivity contribution in [2.75, 3.05) is 45.5 Å². The molecule has 126 valence electrons. The largest absolute Gasteiger partial charge is 0.314 e. The first kappa shape index (κ1) is 18.9. The molecule has 1 heterocycles. The summed E-state index contributed by atoms with van der Waals surface area (Å²) in [5.74, 6) is 0.718. The van der Waals surface area contributed by atoms with Crippen LogP contribution in [0.1, 0.15) is 40.0 Å². The maximum atomic E-state index is 11.5. The normalized spacial score (nSPS) is 22.6. The Hall–Kier alpha value is -0.170. The maximum Gasteiger partial charge on any atom is 0.211 e. The summed E-state index contributed by atoms with van der Waals surface area (Å²) in [6.07, 6.45) is 4.75. The molecule has 21 heavy (non-hydrogen) atoms. The molecular weight excluding hydrogens is 286 g/mol. The van der Waals surface area contributed by atoms with Crippen LogP contribution in [0.25, 0.3) is 0 Å². The predicted molar refractivity (Wildman–Crippen MR) is 89.0 cm³/mol. The minimum Gasteiger partial charge on any atom is -0.314 e. The molecule has 5 nitrogen and oxygen atoms in total. The Kier molecular flexibility index (Phi) is 8.16. The van der Waals surface area contributed by atoms with Crippen molar-refractivity contribution < 1.29 is 8.42 Å². The third-order valence-electron chi connectivity index (χ3n) is 4.57. The molecule has 1 saturated heterocycles. The van der Waals surface area contributed by atoms with Gasteiger partial charge in [0.25, 0.3) is 0 Å². The summed E-state index contributed by atoms with van der Waals surface area (Å²) in [6.45, 7) is 12.0. The fraction of sp³-hybridized carbons (Fsp3) is 1.00. The Labute approximate surface area is 131 Å². The van der Waals surface area contributed by atoms with Crippen LogP contribution in [0.2, 0.25) is 0 Å². The molecule has 0 aromatic rings. The third-order valence-corrected chi connectivity index (χ3v) is 5.95. The first-order chi connectivity index (χ1) is 9.88. The molecule has 2 unspecified atom stereocenters. The summed E-state index contributed by atoms with van der Waals surface area (Å²) in [5.41, 5.74) is 0. The zero-order valence-electron chi connectivity index (χ0n) is 14.1. The summed E-state index contributed by atoms with van der Waals surface area (Å²) in [4.78, 5) is 2.52. The van der Waals surface area contributed by atoms with Crippen LogP contribution in [0.4, 0.5) is 0 Å². The van der Waals surface area contributed by atoms with Crippen molar-refractivity contribution in [1.29, 1.82) is 0 Å². The highest BCUT2D eigenvalue weighted by Gasteiger charge is 2.23. The first-order valence-corrected chi connectivity index (χ1v) is 10.1. The number of nitrogens with zero attached hydrogens (tertiary/aromatic N) is 2. The molecule has 0 saturated carbocycles. The Morgan fingerprint density at radius 1 is 1.38 bits per heavy atom. The topological polar surface area (TPSA) is 52.6 Å². The van der Waals surface area contributed by atoms with E-state index in [1.165, 1.54) is 32.2 Å². The van der Waals surface area contributed by atoms with E-state index in [1.54, 1.807) is 4.31 Å². The van der Waals surface area contributed by atoms with Gasteiger partial charge in [0.05, 0.1) is 6.26 Å². The van der Waals surface area contributed by atoms with Crippen LogP contribution >= 0.6 is 0 Å². The highest BCUT2D eigenvalue weighted by Crippen LogP contribution is 2.19. The van der Waals surface area contributed by atoms with E-state index in [0.29, 0.717) is 19.1 Å². The average Bonchev–Trinajstić information content (AvgIpc) is 2.45. The van der Waals surface area contributed by atoms with Gasteiger partial charge in [-0.05, 0) is 51.7 Å². The summed E-state index contributed by atoms with van der Waals surface area (Å²) in [7, 11) is -3.05. The number of likely N-dealkylation sites (tertiary alicyclic amines) is 1. The van der Waals surface area contributed by atoms with Gasteiger partial charge in [-0.2, -0.15) is 0 Å². The Morgan fingerprint density at radius 2 is 2.10 bits per heavy atom. The lowest BCUT2D eigenvalue weighted by Crippen LogP contribution is -2.45. The molecular formula is C15H33N3O2S. The lowest BCUT2D eigenvalue weighted by atomic mass is 9.91. The third kappa shape index (κ3) is 6.63. The van der Waals surface area contributed by atoms with Crippen molar-refractivity contribution >= 4 is 10.0 Å². The van der Waals surface area contributed by atoms with E-state index >= 15 is 0 Å². The van der Waals surface area contributed by atoms with Gasteiger partial charge in [-0.1, -0.05) is 13.8 Å². The zero-order chi connectivity index (χ0) is 15.9. The Morgan fingerprint density at radius 3 is 2.67 bits per heavy atom. The minimum absolute atomic E-state index is 0.507. The van der Waals surface area contributed by atoms with Gasteiger partial charge in [0, 0.05) is 25.7 Å². The highest BCUT2D eigenvalue weighted by atomic mass is 32.2. The summed E-state index contributed by atoms with van der Waals surface area (Å²) < 4.78 is 24.6. The van der Waals surface area contributed by atoms with E-state index in [2.05, 4.69) is 24.1 Å². The van der Waals surface area contributed by atoms with Crippen LogP contribution in [0, 0.1) is 5.92 Å². The van der Waals surface area contributed by atoms with Crippen LogP contribution in [-0.2, 0) is 10.0 Å². The molecule has 0 aromatic heterocycles. The van der Waals surface area contributed by atoms with Crippen molar-refractivity contribution in [1.82, 2.24) is 14.5 Å². The number of piperidine rings is 1. The fourth-order valence-electron chi connectivity index (χ4n) is 3.10. The smallest absolute Gasteiger partial charge is 0.211 e. The Balaban J connectivity index is 2.25. The second kappa shape index (κ2) is 9.08. The summed E-state index contributed by atoms with van der Waals surface area (Å²) in [5, 5.41) is 3.58. The zero-order valence-corrected chi connectivity index (χ0v) is 15.0. The van der Waals surface area contributed by atoms with Crippen molar-refractivity contribution in [3.8, 4) is 0 Å². The van der Waals surface area contributed by atoms with Crippen molar-refractivity contribution in [3.05, 3.63) is 0 Å². The van der Waals surface area contributed by atoms with Crippen LogP contribution < -0.4 is 5.32 Å². The van der Waals surface area contributed by atoms with Gasteiger partial charge >= 0.3 is 0 Å². The van der Waals surface area contributed by atoms with Gasteiger partial charge in [0.2, 0.25) is 10.0 Å². The van der Waals surface area contributed by atoms with Crippen molar-refractivity contribution in [3.63, 3.8) is 0 Å². The molecule has 0 amide bonds. The lowest BCUT2D eigenvalue weighted by Gasteiger charge is -2.35. The van der Waals surface area contributed by atoms with Crippen molar-refractivity contribution in [2.45, 2.75) is 46.1 Å². The standard InChI is InChI=1S/C15H33N3O2S/c1-5-17-11-7-9-15(13-17)14(3)16-10-8-12-18(6-2)21(4,19)20/h14-16H,5-13H2,1-4H3. The van der Waals surface area contributed by atoms with Crippen LogP contribution in [0.15, 0.2) is 0 Å². The van der Waals surface area contributed by atoms with E-state index < -0.39 is 10.0 Å². The lowest BCUT2D eigenvalue weighted by molar-refractivity contribution is 0.157. The monoisotopic (exact) mass is 319 g/mol. The molecule has 2 atom stereocenters. The minimum atomic E-state index is -3.05. The van der Waals surface area contributed by atoms with Gasteiger partial charge in [-0.25, -0.2) is 12.7 Å². The molecule has 1 N–H and O–H groups in total. The molecule has 1 aliphatic heterocycles. The van der Waals surface area contributed by atoms with Gasteiger partial charge in [-0.15, -0.1) is 0 Å². The van der Waals surface area contributed by atoms with Gasteiger partial charge in [0.1, 0.15) is 0 Å². The van der Waals surface area contributed by atoms with E-state index in [-0.39, 0.29) is 0 Å². The predicted octanol–water partition coefficient (Wildman–Crippen LogP) is 1.37. The van der Waals surface area contributed by atoms with Crippen LogP contribution in [0.5, 0.6) is 0 Å². The number of hydrogen-bond acceptors (Lipinski definition) is 4. The van der Waals surface area contributed by atoms with Gasteiger partial charge in [0.15, 0.2) is 0 Å². The molecule has 0 spiro atoms. The Bertz CT molecular complexity index is 386. The molecule has 6 heteroatoms. The number of hydrogen-bond donors (Lipinski definition) is 1. The second-order valence-electron chi connectivity index (χ2n) is 6.15. The van der Waals surface area contributed by atoms with Crippen molar-refractivity contribution in [2.24, 2.45) is 5.92 Å². The SMILES string of the molecule is CCN1CCCC(C(C)NCCCN(CC)S(C)(=O)=O)C1. The van der Waals surface area contributed by atoms with E-state index in [0.717, 1.165) is 25.4 Å². The maximum absolute atomic E-state index is 11.5. The average molecular weight is 320 g/mol.